The SMILES string of the molecule is C[C@H](Sc1nnc(COc2ccccc2)n1C)C(=O)NC1=NCCS1. The van der Waals surface area contributed by atoms with Gasteiger partial charge in [0.2, 0.25) is 5.91 Å². The Hall–Kier alpha value is -2.00. The van der Waals surface area contributed by atoms with Gasteiger partial charge in [-0.25, -0.2) is 0 Å². The number of nitrogens with zero attached hydrogens (tertiary/aromatic N) is 4. The third-order valence-electron chi connectivity index (χ3n) is 3.50. The molecule has 0 saturated carbocycles. The number of thioether (sulfide) groups is 2. The molecule has 3 rings (SSSR count). The second-order valence-corrected chi connectivity index (χ2v) is 7.74. The molecule has 1 aromatic heterocycles. The van der Waals surface area contributed by atoms with E-state index in [2.05, 4.69) is 20.5 Å². The molecule has 1 amide bonds. The average molecular weight is 377 g/mol. The maximum Gasteiger partial charge on any atom is 0.239 e. The van der Waals surface area contributed by atoms with Crippen molar-refractivity contribution in [3.63, 3.8) is 0 Å². The first-order valence-corrected chi connectivity index (χ1v) is 9.71. The number of hydrogen-bond acceptors (Lipinski definition) is 7. The lowest BCUT2D eigenvalue weighted by Crippen LogP contribution is -2.34. The summed E-state index contributed by atoms with van der Waals surface area (Å²) in [4.78, 5) is 16.5. The number of amidine groups is 1. The van der Waals surface area contributed by atoms with Crippen LogP contribution in [0.3, 0.4) is 0 Å². The van der Waals surface area contributed by atoms with Crippen molar-refractivity contribution in [3.8, 4) is 5.75 Å². The highest BCUT2D eigenvalue weighted by molar-refractivity contribution is 8.14. The Morgan fingerprint density at radius 3 is 2.92 bits per heavy atom. The normalized spacial score (nSPS) is 14.9. The minimum atomic E-state index is -0.297. The van der Waals surface area contributed by atoms with E-state index in [0.717, 1.165) is 18.0 Å². The van der Waals surface area contributed by atoms with Crippen molar-refractivity contribution in [3.05, 3.63) is 36.2 Å². The van der Waals surface area contributed by atoms with Gasteiger partial charge in [-0.05, 0) is 19.1 Å². The van der Waals surface area contributed by atoms with Crippen LogP contribution in [0.5, 0.6) is 5.75 Å². The van der Waals surface area contributed by atoms with E-state index < -0.39 is 0 Å². The largest absolute Gasteiger partial charge is 0.486 e. The molecule has 1 atom stereocenters. The molecular formula is C16H19N5O2S2. The molecule has 9 heteroatoms. The minimum Gasteiger partial charge on any atom is -0.486 e. The molecule has 7 nitrogen and oxygen atoms in total. The lowest BCUT2D eigenvalue weighted by atomic mass is 10.3. The highest BCUT2D eigenvalue weighted by Gasteiger charge is 2.21. The lowest BCUT2D eigenvalue weighted by molar-refractivity contribution is -0.118. The third-order valence-corrected chi connectivity index (χ3v) is 5.53. The van der Waals surface area contributed by atoms with Crippen LogP contribution >= 0.6 is 23.5 Å². The average Bonchev–Trinajstić information content (AvgIpc) is 3.25. The zero-order valence-corrected chi connectivity index (χ0v) is 15.6. The third kappa shape index (κ3) is 4.76. The number of nitrogens with one attached hydrogen (secondary N) is 1. The smallest absolute Gasteiger partial charge is 0.239 e. The Labute approximate surface area is 154 Å². The minimum absolute atomic E-state index is 0.0803. The molecule has 0 unspecified atom stereocenters. The monoisotopic (exact) mass is 377 g/mol. The van der Waals surface area contributed by atoms with Gasteiger partial charge in [0.1, 0.15) is 12.4 Å². The van der Waals surface area contributed by atoms with Crippen molar-refractivity contribution < 1.29 is 9.53 Å². The summed E-state index contributed by atoms with van der Waals surface area (Å²) in [7, 11) is 1.87. The topological polar surface area (TPSA) is 81.4 Å². The van der Waals surface area contributed by atoms with Gasteiger partial charge in [-0.3, -0.25) is 9.79 Å². The Morgan fingerprint density at radius 1 is 1.40 bits per heavy atom. The summed E-state index contributed by atoms with van der Waals surface area (Å²) in [6.45, 7) is 2.92. The molecule has 1 aliphatic heterocycles. The molecule has 25 heavy (non-hydrogen) atoms. The molecule has 0 fully saturated rings. The predicted octanol–water partition coefficient (Wildman–Crippen LogP) is 2.09. The standard InChI is InChI=1S/C16H19N5O2S2/c1-11(14(22)18-15-17-8-9-24-15)25-16-20-19-13(21(16)2)10-23-12-6-4-3-5-7-12/h3-7,11H,8-10H2,1-2H3,(H,17,18,22)/t11-/m0/s1. The number of ether oxygens (including phenoxy) is 1. The summed E-state index contributed by atoms with van der Waals surface area (Å²) >= 11 is 2.93. The zero-order valence-electron chi connectivity index (χ0n) is 14.0. The Kier molecular flexibility index (Phi) is 5.98. The van der Waals surface area contributed by atoms with E-state index in [-0.39, 0.29) is 11.2 Å². The lowest BCUT2D eigenvalue weighted by Gasteiger charge is -2.11. The quantitative estimate of drug-likeness (QED) is 0.777. The van der Waals surface area contributed by atoms with Crippen LogP contribution in [0.15, 0.2) is 40.5 Å². The molecule has 0 saturated heterocycles. The Bertz CT molecular complexity index is 763. The molecule has 0 spiro atoms. The number of hydrogen-bond donors (Lipinski definition) is 1. The van der Waals surface area contributed by atoms with E-state index in [1.807, 2.05) is 48.9 Å². The number of benzene rings is 1. The van der Waals surface area contributed by atoms with Crippen LogP contribution in [-0.4, -0.2) is 43.4 Å². The van der Waals surface area contributed by atoms with Gasteiger partial charge < -0.3 is 14.6 Å². The number of carbonyl (C=O) groups is 1. The first-order valence-electron chi connectivity index (χ1n) is 7.84. The van der Waals surface area contributed by atoms with E-state index in [4.69, 9.17) is 4.74 Å². The highest BCUT2D eigenvalue weighted by atomic mass is 32.2. The molecule has 1 aromatic carbocycles. The molecule has 132 valence electrons. The number of aliphatic imine (C=N–C) groups is 1. The van der Waals surface area contributed by atoms with Crippen LogP contribution in [0, 0.1) is 0 Å². The van der Waals surface area contributed by atoms with E-state index >= 15 is 0 Å². The van der Waals surface area contributed by atoms with Gasteiger partial charge in [-0.15, -0.1) is 10.2 Å². The number of aromatic nitrogens is 3. The van der Waals surface area contributed by atoms with Gasteiger partial charge in [0.15, 0.2) is 16.1 Å². The molecule has 1 N–H and O–H groups in total. The first-order chi connectivity index (χ1) is 12.1. The summed E-state index contributed by atoms with van der Waals surface area (Å²) in [6.07, 6.45) is 0. The summed E-state index contributed by atoms with van der Waals surface area (Å²) in [5.74, 6) is 2.32. The number of rotatable bonds is 6. The van der Waals surface area contributed by atoms with E-state index in [1.165, 1.54) is 11.8 Å². The van der Waals surface area contributed by atoms with E-state index in [1.54, 1.807) is 11.8 Å². The predicted molar refractivity (Wildman–Crippen MR) is 100.0 cm³/mol. The van der Waals surface area contributed by atoms with E-state index in [9.17, 15) is 4.79 Å². The summed E-state index contributed by atoms with van der Waals surface area (Å²) in [6, 6.07) is 9.55. The van der Waals surface area contributed by atoms with Gasteiger partial charge in [0.05, 0.1) is 11.8 Å². The maximum absolute atomic E-state index is 12.2. The van der Waals surface area contributed by atoms with Crippen LogP contribution in [0.4, 0.5) is 0 Å². The van der Waals surface area contributed by atoms with Crippen molar-refractivity contribution >= 4 is 34.6 Å². The van der Waals surface area contributed by atoms with Crippen LogP contribution in [0.25, 0.3) is 0 Å². The number of para-hydroxylation sites is 1. The fourth-order valence-corrected chi connectivity index (χ4v) is 3.63. The summed E-state index contributed by atoms with van der Waals surface area (Å²) in [5, 5.41) is 12.2. The molecule has 2 heterocycles. The number of amides is 1. The van der Waals surface area contributed by atoms with Crippen LogP contribution in [-0.2, 0) is 18.4 Å². The van der Waals surface area contributed by atoms with Gasteiger partial charge in [-0.2, -0.15) is 0 Å². The molecule has 0 bridgehead atoms. The molecule has 2 aromatic rings. The number of carbonyl (C=O) groups excluding carboxylic acids is 1. The molecule has 1 aliphatic rings. The van der Waals surface area contributed by atoms with Gasteiger partial charge in [-0.1, -0.05) is 41.7 Å². The van der Waals surface area contributed by atoms with Crippen LogP contribution in [0.2, 0.25) is 0 Å². The van der Waals surface area contributed by atoms with Crippen molar-refractivity contribution in [2.24, 2.45) is 12.0 Å². The fourth-order valence-electron chi connectivity index (χ4n) is 2.07. The van der Waals surface area contributed by atoms with Gasteiger partial charge in [0.25, 0.3) is 0 Å². The Balaban J connectivity index is 1.56. The van der Waals surface area contributed by atoms with Gasteiger partial charge >= 0.3 is 0 Å². The van der Waals surface area contributed by atoms with Crippen molar-refractivity contribution in [2.75, 3.05) is 12.3 Å². The van der Waals surface area contributed by atoms with E-state index in [0.29, 0.717) is 22.8 Å². The highest BCUT2D eigenvalue weighted by Crippen LogP contribution is 2.22. The first kappa shape index (κ1) is 17.8. The fraction of sp³-hybridized carbons (Fsp3) is 0.375. The second-order valence-electron chi connectivity index (χ2n) is 5.34. The molecule has 0 aliphatic carbocycles. The van der Waals surface area contributed by atoms with Crippen LogP contribution in [0.1, 0.15) is 12.7 Å². The second kappa shape index (κ2) is 8.39. The zero-order chi connectivity index (χ0) is 17.6. The van der Waals surface area contributed by atoms with Crippen molar-refractivity contribution in [1.82, 2.24) is 20.1 Å². The Morgan fingerprint density at radius 2 is 2.20 bits per heavy atom. The van der Waals surface area contributed by atoms with Crippen molar-refractivity contribution in [1.29, 1.82) is 0 Å². The maximum atomic E-state index is 12.2. The van der Waals surface area contributed by atoms with Gasteiger partial charge in [0, 0.05) is 12.8 Å². The molecular weight excluding hydrogens is 358 g/mol. The summed E-state index contributed by atoms with van der Waals surface area (Å²) in [5.41, 5.74) is 0. The molecule has 0 radical (unpaired) electrons. The summed E-state index contributed by atoms with van der Waals surface area (Å²) < 4.78 is 7.54. The van der Waals surface area contributed by atoms with Crippen molar-refractivity contribution in [2.45, 2.75) is 23.9 Å². The van der Waals surface area contributed by atoms with Crippen LogP contribution < -0.4 is 10.1 Å².